The van der Waals surface area contributed by atoms with Crippen LogP contribution in [-0.4, -0.2) is 22.0 Å². The summed E-state index contributed by atoms with van der Waals surface area (Å²) in [5.74, 6) is 2.77. The van der Waals surface area contributed by atoms with Crippen molar-refractivity contribution in [3.8, 4) is 51.1 Å². The van der Waals surface area contributed by atoms with Crippen molar-refractivity contribution in [2.45, 2.75) is 11.9 Å². The molecular weight excluding hydrogens is 623 g/mol. The second-order valence-electron chi connectivity index (χ2n) is 13.6. The van der Waals surface area contributed by atoms with Gasteiger partial charge in [0.2, 0.25) is 6.71 Å². The Kier molecular flexibility index (Phi) is 6.14. The topological polar surface area (TPSA) is 28.3 Å². The lowest BCUT2D eigenvalue weighted by molar-refractivity contribution is 0.246. The van der Waals surface area contributed by atoms with Gasteiger partial charge in [-0.25, -0.2) is 0 Å². The molecule has 240 valence electrons. The maximum Gasteiger partial charge on any atom is 0.234 e. The van der Waals surface area contributed by atoms with Gasteiger partial charge >= 0.3 is 0 Å². The Labute approximate surface area is 296 Å². The third-order valence-electron chi connectivity index (χ3n) is 10.8. The normalized spacial score (nSPS) is 16.7. The summed E-state index contributed by atoms with van der Waals surface area (Å²) in [6.07, 6.45) is 8.70. The highest BCUT2D eigenvalue weighted by atomic mass is 16.5. The molecule has 0 amide bonds. The van der Waals surface area contributed by atoms with Crippen molar-refractivity contribution >= 4 is 39.4 Å². The molecule has 0 bridgehead atoms. The fourth-order valence-electron chi connectivity index (χ4n) is 8.64. The zero-order valence-electron chi connectivity index (χ0n) is 27.7. The van der Waals surface area contributed by atoms with E-state index in [1.165, 1.54) is 16.2 Å². The number of para-hydroxylation sites is 5. The number of allylic oxidation sites excluding steroid dienone is 2. The van der Waals surface area contributed by atoms with E-state index in [9.17, 15) is 0 Å². The van der Waals surface area contributed by atoms with Crippen molar-refractivity contribution < 1.29 is 9.47 Å². The minimum Gasteiger partial charge on any atom is -0.486 e. The molecule has 51 heavy (non-hydrogen) atoms. The summed E-state index contributed by atoms with van der Waals surface area (Å²) in [7, 11) is 0. The Balaban J connectivity index is 1.30. The molecule has 2 atom stereocenters. The summed E-state index contributed by atoms with van der Waals surface area (Å²) in [6.45, 7) is 0.0442. The molecule has 0 N–H and O–H groups in total. The van der Waals surface area contributed by atoms with Gasteiger partial charge in [-0.1, -0.05) is 109 Å². The van der Waals surface area contributed by atoms with Crippen molar-refractivity contribution in [2.24, 2.45) is 0 Å². The predicted octanol–water partition coefficient (Wildman–Crippen LogP) is 9.88. The second-order valence-corrected chi connectivity index (χ2v) is 13.6. The van der Waals surface area contributed by atoms with E-state index in [1.807, 2.05) is 0 Å². The summed E-state index contributed by atoms with van der Waals surface area (Å²) in [6, 6.07) is 54.1. The molecule has 11 rings (SSSR count). The van der Waals surface area contributed by atoms with Crippen molar-refractivity contribution in [2.75, 3.05) is 0 Å². The number of hydrogen-bond donors (Lipinski definition) is 0. The maximum absolute atomic E-state index is 7.20. The third kappa shape index (κ3) is 4.21. The molecule has 6 aromatic carbocycles. The average Bonchev–Trinajstić information content (AvgIpc) is 3.78. The van der Waals surface area contributed by atoms with Gasteiger partial charge in [0.25, 0.3) is 0 Å². The van der Waals surface area contributed by atoms with Gasteiger partial charge in [-0.2, -0.15) is 0 Å². The van der Waals surface area contributed by atoms with E-state index in [2.05, 4.69) is 185 Å². The molecule has 0 saturated carbocycles. The summed E-state index contributed by atoms with van der Waals surface area (Å²) < 4.78 is 19.0. The van der Waals surface area contributed by atoms with Crippen molar-refractivity contribution in [3.05, 3.63) is 176 Å². The van der Waals surface area contributed by atoms with Gasteiger partial charge in [0.15, 0.2) is 0 Å². The Morgan fingerprint density at radius 2 is 1.06 bits per heavy atom. The molecule has 4 heterocycles. The highest BCUT2D eigenvalue weighted by Gasteiger charge is 2.48. The third-order valence-corrected chi connectivity index (χ3v) is 10.8. The number of aromatic nitrogens is 2. The van der Waals surface area contributed by atoms with E-state index < -0.39 is 0 Å². The minimum atomic E-state index is -0.110. The van der Waals surface area contributed by atoms with E-state index >= 15 is 0 Å². The SMILES string of the molecule is C1=CC2Oc3c(-c4cc5ccccc5n4-c4ccccc4)cc(-c4cc5ccccc5n4-c4ccccc4)c4c3B(c3ccccc3O4)C2C=C1. The predicted molar refractivity (Wildman–Crippen MR) is 209 cm³/mol. The smallest absolute Gasteiger partial charge is 0.234 e. The number of nitrogens with zero attached hydrogens (tertiary/aromatic N) is 2. The van der Waals surface area contributed by atoms with Crippen LogP contribution in [0.5, 0.6) is 17.2 Å². The molecule has 0 fully saturated rings. The molecule has 3 aliphatic rings. The zero-order valence-corrected chi connectivity index (χ0v) is 27.7. The molecule has 1 aliphatic carbocycles. The van der Waals surface area contributed by atoms with Crippen LogP contribution in [0.1, 0.15) is 0 Å². The van der Waals surface area contributed by atoms with E-state index in [-0.39, 0.29) is 18.6 Å². The Morgan fingerprint density at radius 3 is 1.73 bits per heavy atom. The monoisotopic (exact) mass is 654 g/mol. The number of benzene rings is 6. The van der Waals surface area contributed by atoms with Gasteiger partial charge < -0.3 is 18.6 Å². The van der Waals surface area contributed by atoms with Crippen LogP contribution < -0.4 is 20.4 Å². The maximum atomic E-state index is 7.20. The van der Waals surface area contributed by atoms with Crippen LogP contribution in [0.2, 0.25) is 5.82 Å². The lowest BCUT2D eigenvalue weighted by Crippen LogP contribution is -2.56. The van der Waals surface area contributed by atoms with E-state index in [4.69, 9.17) is 9.47 Å². The highest BCUT2D eigenvalue weighted by molar-refractivity contribution is 6.89. The van der Waals surface area contributed by atoms with Crippen LogP contribution in [0.4, 0.5) is 0 Å². The molecule has 2 aliphatic heterocycles. The van der Waals surface area contributed by atoms with Crippen LogP contribution in [0.15, 0.2) is 176 Å². The first kappa shape index (κ1) is 28.4. The van der Waals surface area contributed by atoms with Gasteiger partial charge in [-0.3, -0.25) is 0 Å². The van der Waals surface area contributed by atoms with Crippen LogP contribution >= 0.6 is 0 Å². The molecular formula is C46H31BN2O2. The van der Waals surface area contributed by atoms with Crippen molar-refractivity contribution in [3.63, 3.8) is 0 Å². The molecule has 2 aromatic heterocycles. The Hall–Kier alpha value is -6.46. The lowest BCUT2D eigenvalue weighted by Gasteiger charge is -2.41. The van der Waals surface area contributed by atoms with E-state index in [1.54, 1.807) is 0 Å². The van der Waals surface area contributed by atoms with Crippen LogP contribution in [0, 0.1) is 0 Å². The minimum absolute atomic E-state index is 0.0442. The number of ether oxygens (including phenoxy) is 2. The molecule has 4 nitrogen and oxygen atoms in total. The van der Waals surface area contributed by atoms with Gasteiger partial charge in [0.05, 0.1) is 22.4 Å². The van der Waals surface area contributed by atoms with Gasteiger partial charge in [0.1, 0.15) is 23.4 Å². The molecule has 8 aromatic rings. The van der Waals surface area contributed by atoms with Crippen LogP contribution in [0.25, 0.3) is 55.7 Å². The fraction of sp³-hybridized carbons (Fsp3) is 0.0435. The number of hydrogen-bond acceptors (Lipinski definition) is 2. The van der Waals surface area contributed by atoms with E-state index in [0.29, 0.717) is 0 Å². The van der Waals surface area contributed by atoms with Crippen LogP contribution in [-0.2, 0) is 0 Å². The van der Waals surface area contributed by atoms with Gasteiger partial charge in [-0.05, 0) is 72.2 Å². The first-order valence-corrected chi connectivity index (χ1v) is 17.6. The summed E-state index contributed by atoms with van der Waals surface area (Å²) in [5.41, 5.74) is 11.0. The van der Waals surface area contributed by atoms with E-state index in [0.717, 1.165) is 67.6 Å². The van der Waals surface area contributed by atoms with Crippen LogP contribution in [0.3, 0.4) is 0 Å². The Bertz CT molecular complexity index is 2720. The molecule has 2 unspecified atom stereocenters. The zero-order chi connectivity index (χ0) is 33.5. The quantitative estimate of drug-likeness (QED) is 0.177. The first-order valence-electron chi connectivity index (χ1n) is 17.6. The summed E-state index contributed by atoms with van der Waals surface area (Å²) >= 11 is 0. The highest BCUT2D eigenvalue weighted by Crippen LogP contribution is 2.50. The standard InChI is InChI=1S/C46H31BN2O2/c1-3-17-32(18-4-1)48-38-23-11-7-15-30(38)27-40(48)34-29-35(41-28-31-16-8-12-24-39(31)49(41)33-19-5-2-6-20-33)46-44-45(34)50-42-25-13-9-21-36(42)47(44)37-22-10-14-26-43(37)51-46/h1-29,36,42H. The van der Waals surface area contributed by atoms with Crippen molar-refractivity contribution in [1.29, 1.82) is 0 Å². The molecule has 0 saturated heterocycles. The summed E-state index contributed by atoms with van der Waals surface area (Å²) in [4.78, 5) is 0. The first-order chi connectivity index (χ1) is 25.3. The largest absolute Gasteiger partial charge is 0.486 e. The fourth-order valence-corrected chi connectivity index (χ4v) is 8.64. The lowest BCUT2D eigenvalue weighted by atomic mass is 9.30. The Morgan fingerprint density at radius 1 is 0.510 bits per heavy atom. The van der Waals surface area contributed by atoms with Gasteiger partial charge in [0, 0.05) is 44.6 Å². The number of fused-ring (bicyclic) bond motifs is 6. The number of rotatable bonds is 4. The van der Waals surface area contributed by atoms with Crippen molar-refractivity contribution in [1.82, 2.24) is 9.13 Å². The molecule has 0 spiro atoms. The second kappa shape index (κ2) is 11.0. The molecule has 5 heteroatoms. The molecule has 0 radical (unpaired) electrons. The average molecular weight is 655 g/mol. The van der Waals surface area contributed by atoms with Gasteiger partial charge in [-0.15, -0.1) is 0 Å². The summed E-state index contributed by atoms with van der Waals surface area (Å²) in [5, 5.41) is 2.35.